The number of hydrogen-bond acceptors (Lipinski definition) is 6. The second-order valence-corrected chi connectivity index (χ2v) is 10.8. The van der Waals surface area contributed by atoms with Crippen molar-refractivity contribution in [2.24, 2.45) is 5.92 Å². The first-order valence-electron chi connectivity index (χ1n) is 13.3. The van der Waals surface area contributed by atoms with Crippen molar-refractivity contribution in [3.63, 3.8) is 0 Å². The van der Waals surface area contributed by atoms with E-state index in [0.717, 1.165) is 31.3 Å². The lowest BCUT2D eigenvalue weighted by molar-refractivity contribution is -0.144. The minimum absolute atomic E-state index is 0.0253. The second kappa shape index (κ2) is 12.8. The molecule has 36 heavy (non-hydrogen) atoms. The van der Waals surface area contributed by atoms with Gasteiger partial charge in [-0.3, -0.25) is 4.79 Å². The van der Waals surface area contributed by atoms with Crippen LogP contribution in [-0.2, 0) is 28.5 Å². The average Bonchev–Trinajstić information content (AvgIpc) is 3.17. The molecule has 0 amide bonds. The van der Waals surface area contributed by atoms with Gasteiger partial charge in [-0.15, -0.1) is 0 Å². The minimum Gasteiger partial charge on any atom is -0.456 e. The summed E-state index contributed by atoms with van der Waals surface area (Å²) in [5.41, 5.74) is 2.25. The molecule has 0 radical (unpaired) electrons. The summed E-state index contributed by atoms with van der Waals surface area (Å²) < 4.78 is 24.0. The van der Waals surface area contributed by atoms with Gasteiger partial charge in [-0.1, -0.05) is 61.1 Å². The SMILES string of the molecule is C=C1CC(=O)CC2C[C@H](OC(=O)/C=C\C[C@@H]3C=CC[C@@H](C[C@@H](C)C1)O3)[C@H](/C=C/C1CC(C)=CCO1)O2. The molecule has 4 bridgehead atoms. The van der Waals surface area contributed by atoms with Crippen LogP contribution in [0.15, 0.2) is 60.3 Å². The Labute approximate surface area is 215 Å². The molecule has 1 saturated heterocycles. The van der Waals surface area contributed by atoms with E-state index in [9.17, 15) is 9.59 Å². The number of carbonyl (C=O) groups is 2. The highest BCUT2D eigenvalue weighted by molar-refractivity contribution is 5.82. The van der Waals surface area contributed by atoms with Crippen molar-refractivity contribution >= 4 is 11.8 Å². The normalized spacial score (nSPS) is 37.8. The summed E-state index contributed by atoms with van der Waals surface area (Å²) in [6.07, 6.45) is 17.6. The van der Waals surface area contributed by atoms with Crippen LogP contribution in [0.3, 0.4) is 0 Å². The highest BCUT2D eigenvalue weighted by Crippen LogP contribution is 2.30. The zero-order chi connectivity index (χ0) is 25.5. The Bertz CT molecular complexity index is 928. The standard InChI is InChI=1S/C30H40O6/c1-20-12-13-33-25(16-20)10-11-28-29-19-27(35-28)18-23(31)15-21(2)14-22(3)17-26-8-4-6-24(34-26)7-5-9-30(32)36-29/h4-6,9-12,22,24-29H,2,7-8,13-19H2,1,3H3/b9-5-,11-10+/t22-,24-,25?,26-,27?,28-,29-/m0/s1. The van der Waals surface area contributed by atoms with Crippen LogP contribution in [0.4, 0.5) is 0 Å². The smallest absolute Gasteiger partial charge is 0.330 e. The molecular formula is C30H40O6. The second-order valence-electron chi connectivity index (χ2n) is 10.8. The number of carbonyl (C=O) groups excluding carboxylic acids is 2. The summed E-state index contributed by atoms with van der Waals surface area (Å²) in [5, 5.41) is 0. The Morgan fingerprint density at radius 1 is 1.00 bits per heavy atom. The Balaban J connectivity index is 1.46. The molecule has 0 aromatic carbocycles. The van der Waals surface area contributed by atoms with E-state index in [1.165, 1.54) is 11.6 Å². The number of esters is 1. The first-order chi connectivity index (χ1) is 17.3. The third-order valence-corrected chi connectivity index (χ3v) is 7.20. The molecule has 0 saturated carbocycles. The molecule has 4 heterocycles. The zero-order valence-electron chi connectivity index (χ0n) is 21.6. The van der Waals surface area contributed by atoms with Gasteiger partial charge < -0.3 is 18.9 Å². The van der Waals surface area contributed by atoms with Gasteiger partial charge in [0.05, 0.1) is 31.0 Å². The van der Waals surface area contributed by atoms with Gasteiger partial charge in [0.2, 0.25) is 0 Å². The minimum atomic E-state index is -0.450. The predicted octanol–water partition coefficient (Wildman–Crippen LogP) is 5.34. The molecule has 4 rings (SSSR count). The quantitative estimate of drug-likeness (QED) is 0.380. The van der Waals surface area contributed by atoms with E-state index in [1.807, 2.05) is 18.2 Å². The molecule has 1 fully saturated rings. The molecule has 6 nitrogen and oxygen atoms in total. The molecule has 0 N–H and O–H groups in total. The molecule has 4 aliphatic heterocycles. The van der Waals surface area contributed by atoms with Crippen LogP contribution in [0, 0.1) is 5.92 Å². The fraction of sp³-hybridized carbons (Fsp3) is 0.600. The lowest BCUT2D eigenvalue weighted by atomic mass is 9.91. The highest BCUT2D eigenvalue weighted by Gasteiger charge is 2.37. The number of allylic oxidation sites excluding steroid dienone is 1. The summed E-state index contributed by atoms with van der Waals surface area (Å²) in [7, 11) is 0. The van der Waals surface area contributed by atoms with Crippen LogP contribution in [0.2, 0.25) is 0 Å². The lowest BCUT2D eigenvalue weighted by Gasteiger charge is -2.28. The van der Waals surface area contributed by atoms with Crippen molar-refractivity contribution in [2.75, 3.05) is 6.61 Å². The average molecular weight is 497 g/mol. The molecule has 0 aromatic rings. The molecule has 6 heteroatoms. The van der Waals surface area contributed by atoms with E-state index in [4.69, 9.17) is 18.9 Å². The molecule has 0 aromatic heterocycles. The number of rotatable bonds is 2. The highest BCUT2D eigenvalue weighted by atomic mass is 16.6. The van der Waals surface area contributed by atoms with Crippen LogP contribution < -0.4 is 0 Å². The Morgan fingerprint density at radius 2 is 1.86 bits per heavy atom. The first kappa shape index (κ1) is 26.8. The van der Waals surface area contributed by atoms with Gasteiger partial charge >= 0.3 is 5.97 Å². The van der Waals surface area contributed by atoms with Gasteiger partial charge in [-0.2, -0.15) is 0 Å². The van der Waals surface area contributed by atoms with Crippen molar-refractivity contribution in [1.29, 1.82) is 0 Å². The Morgan fingerprint density at radius 3 is 2.69 bits per heavy atom. The van der Waals surface area contributed by atoms with Gasteiger partial charge in [0.15, 0.2) is 0 Å². The first-order valence-corrected chi connectivity index (χ1v) is 13.3. The van der Waals surface area contributed by atoms with Gasteiger partial charge in [-0.05, 0) is 44.9 Å². The van der Waals surface area contributed by atoms with Crippen molar-refractivity contribution in [1.82, 2.24) is 0 Å². The van der Waals surface area contributed by atoms with Gasteiger partial charge in [-0.25, -0.2) is 4.79 Å². The van der Waals surface area contributed by atoms with Crippen LogP contribution in [0.25, 0.3) is 0 Å². The topological polar surface area (TPSA) is 71.1 Å². The van der Waals surface area contributed by atoms with E-state index < -0.39 is 18.2 Å². The van der Waals surface area contributed by atoms with E-state index in [2.05, 4.69) is 38.7 Å². The third kappa shape index (κ3) is 8.12. The molecular weight excluding hydrogens is 456 g/mol. The Hall–Kier alpha value is -2.28. The van der Waals surface area contributed by atoms with Crippen LogP contribution in [0.1, 0.15) is 65.2 Å². The number of ketones is 1. The van der Waals surface area contributed by atoms with E-state index in [-0.39, 0.29) is 30.2 Å². The van der Waals surface area contributed by atoms with E-state index in [1.54, 1.807) is 0 Å². The van der Waals surface area contributed by atoms with Gasteiger partial charge in [0.25, 0.3) is 0 Å². The predicted molar refractivity (Wildman–Crippen MR) is 138 cm³/mol. The number of Topliss-reactive ketones (excluding diaryl/α,β-unsaturated/α-hetero) is 1. The number of hydrogen-bond donors (Lipinski definition) is 0. The molecule has 2 unspecified atom stereocenters. The lowest BCUT2D eigenvalue weighted by Crippen LogP contribution is -2.26. The molecule has 0 aliphatic carbocycles. The van der Waals surface area contributed by atoms with Crippen LogP contribution in [-0.4, -0.2) is 55.0 Å². The Kier molecular flexibility index (Phi) is 9.52. The fourth-order valence-electron chi connectivity index (χ4n) is 5.51. The maximum atomic E-state index is 12.8. The maximum absolute atomic E-state index is 12.8. The summed E-state index contributed by atoms with van der Waals surface area (Å²) in [6.45, 7) is 9.05. The van der Waals surface area contributed by atoms with E-state index >= 15 is 0 Å². The fourth-order valence-corrected chi connectivity index (χ4v) is 5.51. The molecule has 196 valence electrons. The summed E-state index contributed by atoms with van der Waals surface area (Å²) >= 11 is 0. The van der Waals surface area contributed by atoms with Crippen molar-refractivity contribution in [3.8, 4) is 0 Å². The number of ether oxygens (including phenoxy) is 4. The van der Waals surface area contributed by atoms with Crippen molar-refractivity contribution in [2.45, 2.75) is 102 Å². The van der Waals surface area contributed by atoms with Gasteiger partial charge in [0, 0.05) is 25.3 Å². The van der Waals surface area contributed by atoms with Crippen LogP contribution >= 0.6 is 0 Å². The number of fused-ring (bicyclic) bond motifs is 4. The van der Waals surface area contributed by atoms with Crippen molar-refractivity contribution < 1.29 is 28.5 Å². The summed E-state index contributed by atoms with van der Waals surface area (Å²) in [4.78, 5) is 25.5. The summed E-state index contributed by atoms with van der Waals surface area (Å²) in [6, 6.07) is 0. The largest absolute Gasteiger partial charge is 0.456 e. The zero-order valence-corrected chi connectivity index (χ0v) is 21.6. The molecule has 7 atom stereocenters. The monoisotopic (exact) mass is 496 g/mol. The molecule has 0 spiro atoms. The third-order valence-electron chi connectivity index (χ3n) is 7.20. The summed E-state index contributed by atoms with van der Waals surface area (Å²) in [5.74, 6) is 0.0938. The maximum Gasteiger partial charge on any atom is 0.330 e. The van der Waals surface area contributed by atoms with Gasteiger partial charge in [0.1, 0.15) is 18.0 Å². The van der Waals surface area contributed by atoms with E-state index in [0.29, 0.717) is 38.2 Å². The van der Waals surface area contributed by atoms with Crippen molar-refractivity contribution in [3.05, 3.63) is 60.3 Å². The molecule has 4 aliphatic rings. The van der Waals surface area contributed by atoms with Crippen LogP contribution in [0.5, 0.6) is 0 Å².